The molecule has 1 fully saturated rings. The molecule has 1 aliphatic heterocycles. The molecule has 1 amide bonds. The van der Waals surface area contributed by atoms with Crippen LogP contribution in [0.4, 0.5) is 11.4 Å². The Bertz CT molecular complexity index is 743. The van der Waals surface area contributed by atoms with Gasteiger partial charge in [0.25, 0.3) is 0 Å². The molecule has 1 aliphatic rings. The first-order valence-electron chi connectivity index (χ1n) is 9.32. The summed E-state index contributed by atoms with van der Waals surface area (Å²) in [5.41, 5.74) is 2.05. The minimum absolute atomic E-state index is 0.0141. The number of carbonyl (C=O) groups is 1. The number of halogens is 1. The van der Waals surface area contributed by atoms with Gasteiger partial charge in [0.15, 0.2) is 0 Å². The van der Waals surface area contributed by atoms with Gasteiger partial charge in [0, 0.05) is 48.4 Å². The predicted molar refractivity (Wildman–Crippen MR) is 114 cm³/mol. The molecule has 2 aromatic carbocycles. The number of nitrogens with zero attached hydrogens (tertiary/aromatic N) is 2. The standard InChI is InChI=1S/C21H26BrN3O2/c1-24-11-13-25(14-12-24)19-9-7-18(8-10-19)23-21(26)6-3-15-27-20-5-2-4-17(22)16-20/h2,4-5,7-10,16H,3,6,11-15H2,1H3,(H,23,26). The zero-order valence-electron chi connectivity index (χ0n) is 15.7. The summed E-state index contributed by atoms with van der Waals surface area (Å²) in [6.07, 6.45) is 1.12. The van der Waals surface area contributed by atoms with Crippen LogP contribution in [0.1, 0.15) is 12.8 Å². The molecule has 144 valence electrons. The second-order valence-electron chi connectivity index (χ2n) is 6.79. The zero-order chi connectivity index (χ0) is 19.1. The van der Waals surface area contributed by atoms with Crippen LogP contribution in [-0.2, 0) is 4.79 Å². The Morgan fingerprint density at radius 3 is 2.56 bits per heavy atom. The van der Waals surface area contributed by atoms with Gasteiger partial charge in [-0.25, -0.2) is 0 Å². The van der Waals surface area contributed by atoms with Crippen LogP contribution in [0, 0.1) is 0 Å². The first-order valence-corrected chi connectivity index (χ1v) is 10.1. The number of amides is 1. The lowest BCUT2D eigenvalue weighted by atomic mass is 10.2. The summed E-state index contributed by atoms with van der Waals surface area (Å²) >= 11 is 3.42. The SMILES string of the molecule is CN1CCN(c2ccc(NC(=O)CCCOc3cccc(Br)c3)cc2)CC1. The highest BCUT2D eigenvalue weighted by Crippen LogP contribution is 2.20. The fourth-order valence-electron chi connectivity index (χ4n) is 3.02. The molecule has 0 aromatic heterocycles. The van der Waals surface area contributed by atoms with Crippen LogP contribution in [0.25, 0.3) is 0 Å². The van der Waals surface area contributed by atoms with Gasteiger partial charge in [-0.2, -0.15) is 0 Å². The van der Waals surface area contributed by atoms with Crippen LogP contribution in [0.5, 0.6) is 5.75 Å². The van der Waals surface area contributed by atoms with E-state index < -0.39 is 0 Å². The maximum atomic E-state index is 12.1. The summed E-state index contributed by atoms with van der Waals surface area (Å²) in [6, 6.07) is 15.8. The number of hydrogen-bond donors (Lipinski definition) is 1. The van der Waals surface area contributed by atoms with Crippen LogP contribution in [0.15, 0.2) is 53.0 Å². The molecular weight excluding hydrogens is 406 g/mol. The molecule has 27 heavy (non-hydrogen) atoms. The van der Waals surface area contributed by atoms with Crippen molar-refractivity contribution in [2.24, 2.45) is 0 Å². The molecule has 3 rings (SSSR count). The number of anilines is 2. The van der Waals surface area contributed by atoms with Gasteiger partial charge < -0.3 is 19.9 Å². The number of hydrogen-bond acceptors (Lipinski definition) is 4. The molecule has 0 spiro atoms. The largest absolute Gasteiger partial charge is 0.494 e. The first kappa shape index (κ1) is 19.7. The summed E-state index contributed by atoms with van der Waals surface area (Å²) in [6.45, 7) is 4.77. The van der Waals surface area contributed by atoms with Crippen LogP contribution >= 0.6 is 15.9 Å². The molecule has 0 aliphatic carbocycles. The molecule has 6 heteroatoms. The third kappa shape index (κ3) is 6.26. The van der Waals surface area contributed by atoms with E-state index in [-0.39, 0.29) is 5.91 Å². The Kier molecular flexibility index (Phi) is 7.12. The van der Waals surface area contributed by atoms with E-state index in [9.17, 15) is 4.79 Å². The molecule has 0 radical (unpaired) electrons. The smallest absolute Gasteiger partial charge is 0.224 e. The topological polar surface area (TPSA) is 44.8 Å². The lowest BCUT2D eigenvalue weighted by molar-refractivity contribution is -0.116. The maximum absolute atomic E-state index is 12.1. The second kappa shape index (κ2) is 9.76. The minimum atomic E-state index is 0.0141. The van der Waals surface area contributed by atoms with Gasteiger partial charge in [0.05, 0.1) is 6.61 Å². The molecule has 0 bridgehead atoms. The van der Waals surface area contributed by atoms with Crippen molar-refractivity contribution >= 4 is 33.2 Å². The Morgan fingerprint density at radius 1 is 1.11 bits per heavy atom. The minimum Gasteiger partial charge on any atom is -0.494 e. The van der Waals surface area contributed by atoms with Crippen LogP contribution in [0.2, 0.25) is 0 Å². The molecule has 0 saturated carbocycles. The van der Waals surface area contributed by atoms with Crippen LogP contribution < -0.4 is 15.0 Å². The van der Waals surface area contributed by atoms with E-state index in [0.29, 0.717) is 19.4 Å². The third-order valence-corrected chi connectivity index (χ3v) is 5.13. The number of carbonyl (C=O) groups excluding carboxylic acids is 1. The van der Waals surface area contributed by atoms with Crippen molar-refractivity contribution in [3.63, 3.8) is 0 Å². The van der Waals surface area contributed by atoms with E-state index in [1.54, 1.807) is 0 Å². The molecule has 1 N–H and O–H groups in total. The molecular formula is C21H26BrN3O2. The van der Waals surface area contributed by atoms with Gasteiger partial charge in [-0.1, -0.05) is 22.0 Å². The van der Waals surface area contributed by atoms with Gasteiger partial charge in [0.1, 0.15) is 5.75 Å². The van der Waals surface area contributed by atoms with E-state index in [1.165, 1.54) is 5.69 Å². The number of ether oxygens (including phenoxy) is 1. The zero-order valence-corrected chi connectivity index (χ0v) is 17.2. The van der Waals surface area contributed by atoms with Gasteiger partial charge in [-0.05, 0) is 55.9 Å². The Labute approximate surface area is 169 Å². The number of benzene rings is 2. The van der Waals surface area contributed by atoms with Crippen LogP contribution in [0.3, 0.4) is 0 Å². The third-order valence-electron chi connectivity index (χ3n) is 4.63. The normalized spacial score (nSPS) is 14.8. The average molecular weight is 432 g/mol. The number of piperazine rings is 1. The summed E-state index contributed by atoms with van der Waals surface area (Å²) < 4.78 is 6.64. The Balaban J connectivity index is 1.39. The summed E-state index contributed by atoms with van der Waals surface area (Å²) in [4.78, 5) is 16.8. The van der Waals surface area contributed by atoms with Crippen molar-refractivity contribution in [2.45, 2.75) is 12.8 Å². The second-order valence-corrected chi connectivity index (χ2v) is 7.71. The lowest BCUT2D eigenvalue weighted by Gasteiger charge is -2.34. The fourth-order valence-corrected chi connectivity index (χ4v) is 3.40. The number of rotatable bonds is 7. The number of likely N-dealkylation sites (N-methyl/N-ethyl adjacent to an activating group) is 1. The molecule has 2 aromatic rings. The molecule has 1 saturated heterocycles. The summed E-state index contributed by atoms with van der Waals surface area (Å²) in [5, 5.41) is 2.96. The van der Waals surface area contributed by atoms with Gasteiger partial charge in [0.2, 0.25) is 5.91 Å². The van der Waals surface area contributed by atoms with Crippen molar-refractivity contribution in [2.75, 3.05) is 50.1 Å². The highest BCUT2D eigenvalue weighted by atomic mass is 79.9. The first-order chi connectivity index (χ1) is 13.1. The summed E-state index contributed by atoms with van der Waals surface area (Å²) in [7, 11) is 2.15. The van der Waals surface area contributed by atoms with Crippen molar-refractivity contribution in [1.29, 1.82) is 0 Å². The molecule has 0 atom stereocenters. The van der Waals surface area contributed by atoms with Gasteiger partial charge >= 0.3 is 0 Å². The van der Waals surface area contributed by atoms with E-state index in [4.69, 9.17) is 4.74 Å². The average Bonchev–Trinajstić information content (AvgIpc) is 2.67. The van der Waals surface area contributed by atoms with Crippen molar-refractivity contribution in [1.82, 2.24) is 4.90 Å². The highest BCUT2D eigenvalue weighted by molar-refractivity contribution is 9.10. The van der Waals surface area contributed by atoms with Crippen molar-refractivity contribution in [3.05, 3.63) is 53.0 Å². The lowest BCUT2D eigenvalue weighted by Crippen LogP contribution is -2.44. The number of nitrogens with one attached hydrogen (secondary N) is 1. The highest BCUT2D eigenvalue weighted by Gasteiger charge is 2.14. The van der Waals surface area contributed by atoms with E-state index in [2.05, 4.69) is 50.2 Å². The Hall–Kier alpha value is -2.05. The van der Waals surface area contributed by atoms with E-state index in [0.717, 1.165) is 42.1 Å². The van der Waals surface area contributed by atoms with Crippen LogP contribution in [-0.4, -0.2) is 50.6 Å². The van der Waals surface area contributed by atoms with Crippen molar-refractivity contribution < 1.29 is 9.53 Å². The van der Waals surface area contributed by atoms with E-state index >= 15 is 0 Å². The fraction of sp³-hybridized carbons (Fsp3) is 0.381. The molecule has 5 nitrogen and oxygen atoms in total. The van der Waals surface area contributed by atoms with E-state index in [1.807, 2.05) is 36.4 Å². The predicted octanol–water partition coefficient (Wildman–Crippen LogP) is 4.00. The van der Waals surface area contributed by atoms with Gasteiger partial charge in [-0.15, -0.1) is 0 Å². The van der Waals surface area contributed by atoms with Crippen molar-refractivity contribution in [3.8, 4) is 5.75 Å². The monoisotopic (exact) mass is 431 g/mol. The Morgan fingerprint density at radius 2 is 1.85 bits per heavy atom. The van der Waals surface area contributed by atoms with Gasteiger partial charge in [-0.3, -0.25) is 4.79 Å². The molecule has 0 unspecified atom stereocenters. The summed E-state index contributed by atoms with van der Waals surface area (Å²) in [5.74, 6) is 0.824. The molecule has 1 heterocycles. The maximum Gasteiger partial charge on any atom is 0.224 e. The quantitative estimate of drug-likeness (QED) is 0.672.